The van der Waals surface area contributed by atoms with E-state index in [0.717, 1.165) is 4.47 Å². The summed E-state index contributed by atoms with van der Waals surface area (Å²) in [5.74, 6) is 0.244. The van der Waals surface area contributed by atoms with Crippen molar-refractivity contribution in [2.75, 3.05) is 17.2 Å². The number of nitrogens with zero attached hydrogens (tertiary/aromatic N) is 1. The number of nitrogens with one attached hydrogen (secondary N) is 2. The minimum Gasteiger partial charge on any atom is -0.370 e. The second-order valence-electron chi connectivity index (χ2n) is 4.16. The largest absolute Gasteiger partial charge is 0.370 e. The molecular formula is C14H12BrCl2N3O. The predicted octanol–water partition coefficient (Wildman–Crippen LogP) is 4.84. The number of rotatable bonds is 4. The van der Waals surface area contributed by atoms with Gasteiger partial charge in [0.25, 0.3) is 5.91 Å². The molecule has 0 saturated carbocycles. The summed E-state index contributed by atoms with van der Waals surface area (Å²) in [6.45, 7) is 2.64. The van der Waals surface area contributed by atoms with Gasteiger partial charge in [0.2, 0.25) is 0 Å². The Bertz CT molecular complexity index is 679. The van der Waals surface area contributed by atoms with Gasteiger partial charge in [-0.1, -0.05) is 39.1 Å². The van der Waals surface area contributed by atoms with Gasteiger partial charge in [-0.15, -0.1) is 0 Å². The molecule has 0 radical (unpaired) electrons. The Kier molecular flexibility index (Phi) is 5.45. The van der Waals surface area contributed by atoms with Gasteiger partial charge in [0.15, 0.2) is 0 Å². The molecule has 0 unspecified atom stereocenters. The number of amides is 1. The molecule has 0 fully saturated rings. The minimum atomic E-state index is -0.346. The predicted molar refractivity (Wildman–Crippen MR) is 90.5 cm³/mol. The molecule has 21 heavy (non-hydrogen) atoms. The fourth-order valence-electron chi connectivity index (χ4n) is 1.67. The summed E-state index contributed by atoms with van der Waals surface area (Å²) >= 11 is 15.4. The zero-order chi connectivity index (χ0) is 15.4. The molecule has 2 aromatic rings. The fourth-order valence-corrected chi connectivity index (χ4v) is 2.39. The number of hydrogen-bond acceptors (Lipinski definition) is 3. The van der Waals surface area contributed by atoms with Crippen molar-refractivity contribution in [1.29, 1.82) is 0 Å². The Hall–Kier alpha value is -1.30. The highest BCUT2D eigenvalue weighted by Gasteiger charge is 2.14. The monoisotopic (exact) mass is 387 g/mol. The Labute approximate surface area is 141 Å². The third-order valence-corrected chi connectivity index (χ3v) is 3.76. The van der Waals surface area contributed by atoms with Gasteiger partial charge >= 0.3 is 0 Å². The van der Waals surface area contributed by atoms with Crippen LogP contribution in [-0.4, -0.2) is 17.4 Å². The molecule has 0 saturated heterocycles. The minimum absolute atomic E-state index is 0.278. The topological polar surface area (TPSA) is 54.0 Å². The lowest BCUT2D eigenvalue weighted by atomic mass is 10.2. The zero-order valence-corrected chi connectivity index (χ0v) is 14.2. The zero-order valence-electron chi connectivity index (χ0n) is 11.1. The normalized spacial score (nSPS) is 10.3. The number of halogens is 3. The smallest absolute Gasteiger partial charge is 0.257 e. The van der Waals surface area contributed by atoms with Gasteiger partial charge in [-0.25, -0.2) is 4.98 Å². The summed E-state index contributed by atoms with van der Waals surface area (Å²) < 4.78 is 0.816. The highest BCUT2D eigenvalue weighted by atomic mass is 79.9. The molecular weight excluding hydrogens is 377 g/mol. The molecule has 0 spiro atoms. The van der Waals surface area contributed by atoms with Gasteiger partial charge in [-0.05, 0) is 31.2 Å². The average Bonchev–Trinajstić information content (AvgIpc) is 2.45. The first-order valence-corrected chi connectivity index (χ1v) is 7.72. The number of hydrogen-bond donors (Lipinski definition) is 2. The van der Waals surface area contributed by atoms with Crippen LogP contribution in [-0.2, 0) is 0 Å². The molecule has 0 bridgehead atoms. The van der Waals surface area contributed by atoms with E-state index in [1.54, 1.807) is 24.3 Å². The van der Waals surface area contributed by atoms with Crippen LogP contribution in [0.2, 0.25) is 10.0 Å². The molecule has 2 N–H and O–H groups in total. The molecule has 7 heteroatoms. The highest BCUT2D eigenvalue weighted by molar-refractivity contribution is 9.10. The molecule has 0 aliphatic carbocycles. The number of carbonyl (C=O) groups is 1. The van der Waals surface area contributed by atoms with Crippen LogP contribution in [0.4, 0.5) is 11.5 Å². The van der Waals surface area contributed by atoms with Gasteiger partial charge in [0.05, 0.1) is 21.3 Å². The van der Waals surface area contributed by atoms with Crippen LogP contribution >= 0.6 is 39.1 Å². The first-order valence-electron chi connectivity index (χ1n) is 6.17. The van der Waals surface area contributed by atoms with Crippen molar-refractivity contribution in [2.45, 2.75) is 6.92 Å². The number of pyridine rings is 1. The maximum absolute atomic E-state index is 12.3. The maximum atomic E-state index is 12.3. The molecule has 1 aromatic heterocycles. The Balaban J connectivity index is 2.27. The summed E-state index contributed by atoms with van der Waals surface area (Å²) in [6, 6.07) is 6.81. The number of benzene rings is 1. The van der Waals surface area contributed by atoms with E-state index in [0.29, 0.717) is 28.6 Å². The van der Waals surface area contributed by atoms with Crippen LogP contribution in [0, 0.1) is 0 Å². The Morgan fingerprint density at radius 3 is 2.76 bits per heavy atom. The molecule has 4 nitrogen and oxygen atoms in total. The molecule has 110 valence electrons. The number of carbonyl (C=O) groups excluding carboxylic acids is 1. The first kappa shape index (κ1) is 16.1. The van der Waals surface area contributed by atoms with E-state index >= 15 is 0 Å². The van der Waals surface area contributed by atoms with Crippen LogP contribution in [0.25, 0.3) is 0 Å². The molecule has 1 aromatic carbocycles. The summed E-state index contributed by atoms with van der Waals surface area (Å²) in [7, 11) is 0. The number of anilines is 2. The van der Waals surface area contributed by atoms with Crippen LogP contribution < -0.4 is 10.6 Å². The quantitative estimate of drug-likeness (QED) is 0.788. The Morgan fingerprint density at radius 1 is 1.29 bits per heavy atom. The lowest BCUT2D eigenvalue weighted by molar-refractivity contribution is 0.102. The molecule has 0 aliphatic heterocycles. The second-order valence-corrected chi connectivity index (χ2v) is 5.89. The summed E-state index contributed by atoms with van der Waals surface area (Å²) in [4.78, 5) is 16.4. The average molecular weight is 389 g/mol. The van der Waals surface area contributed by atoms with Crippen LogP contribution in [0.5, 0.6) is 0 Å². The van der Waals surface area contributed by atoms with E-state index in [1.165, 1.54) is 6.20 Å². The van der Waals surface area contributed by atoms with Crippen molar-refractivity contribution in [1.82, 2.24) is 4.98 Å². The number of aromatic nitrogens is 1. The SMILES string of the molecule is CCNc1cc(C(=O)Nc2cc(Br)ccc2Cl)c(Cl)cn1. The van der Waals surface area contributed by atoms with E-state index in [2.05, 4.69) is 31.5 Å². The highest BCUT2D eigenvalue weighted by Crippen LogP contribution is 2.27. The van der Waals surface area contributed by atoms with Crippen LogP contribution in [0.1, 0.15) is 17.3 Å². The van der Waals surface area contributed by atoms with E-state index in [-0.39, 0.29) is 10.9 Å². The van der Waals surface area contributed by atoms with E-state index < -0.39 is 0 Å². The third-order valence-electron chi connectivity index (χ3n) is 2.63. The van der Waals surface area contributed by atoms with Gasteiger partial charge in [0.1, 0.15) is 5.82 Å². The van der Waals surface area contributed by atoms with E-state index in [1.807, 2.05) is 6.92 Å². The van der Waals surface area contributed by atoms with Crippen LogP contribution in [0.15, 0.2) is 34.9 Å². The third kappa shape index (κ3) is 4.09. The van der Waals surface area contributed by atoms with Gasteiger partial charge < -0.3 is 10.6 Å². The van der Waals surface area contributed by atoms with Crippen molar-refractivity contribution in [2.24, 2.45) is 0 Å². The summed E-state index contributed by atoms with van der Waals surface area (Å²) in [6.07, 6.45) is 1.44. The second kappa shape index (κ2) is 7.11. The molecule has 1 heterocycles. The first-order chi connectivity index (χ1) is 10.0. The van der Waals surface area contributed by atoms with Crippen molar-refractivity contribution in [3.8, 4) is 0 Å². The van der Waals surface area contributed by atoms with Gasteiger partial charge in [0, 0.05) is 17.2 Å². The molecule has 0 atom stereocenters. The van der Waals surface area contributed by atoms with Crippen LogP contribution in [0.3, 0.4) is 0 Å². The maximum Gasteiger partial charge on any atom is 0.257 e. The van der Waals surface area contributed by atoms with Gasteiger partial charge in [-0.3, -0.25) is 4.79 Å². The van der Waals surface area contributed by atoms with Crippen molar-refractivity contribution in [3.05, 3.63) is 50.5 Å². The summed E-state index contributed by atoms with van der Waals surface area (Å²) in [5, 5.41) is 6.49. The molecule has 2 rings (SSSR count). The van der Waals surface area contributed by atoms with E-state index in [9.17, 15) is 4.79 Å². The van der Waals surface area contributed by atoms with Crippen molar-refractivity contribution in [3.63, 3.8) is 0 Å². The molecule has 0 aliphatic rings. The lowest BCUT2D eigenvalue weighted by Crippen LogP contribution is -2.14. The molecule has 1 amide bonds. The fraction of sp³-hybridized carbons (Fsp3) is 0.143. The van der Waals surface area contributed by atoms with E-state index in [4.69, 9.17) is 23.2 Å². The summed E-state index contributed by atoms with van der Waals surface area (Å²) in [5.41, 5.74) is 0.840. The Morgan fingerprint density at radius 2 is 2.05 bits per heavy atom. The lowest BCUT2D eigenvalue weighted by Gasteiger charge is -2.10. The van der Waals surface area contributed by atoms with Crippen molar-refractivity contribution >= 4 is 56.5 Å². The van der Waals surface area contributed by atoms with Crippen molar-refractivity contribution < 1.29 is 4.79 Å². The standard InChI is InChI=1S/C14H12BrCl2N3O/c1-2-18-13-6-9(11(17)7-19-13)14(21)20-12-5-8(15)3-4-10(12)16/h3-7H,2H2,1H3,(H,18,19)(H,20,21). The van der Waals surface area contributed by atoms with Gasteiger partial charge in [-0.2, -0.15) is 0 Å².